The van der Waals surface area contributed by atoms with Gasteiger partial charge in [0.1, 0.15) is 0 Å². The largest absolute Gasteiger partial charge is 0.294 e. The average molecular weight is 291 g/mol. The third-order valence-electron chi connectivity index (χ3n) is 3.60. The minimum atomic E-state index is 0.237. The van der Waals surface area contributed by atoms with Crippen LogP contribution in [-0.4, -0.2) is 5.78 Å². The van der Waals surface area contributed by atoms with E-state index in [2.05, 4.69) is 0 Å². The Morgan fingerprint density at radius 2 is 1.84 bits per heavy atom. The van der Waals surface area contributed by atoms with Crippen LogP contribution in [0.3, 0.4) is 0 Å². The van der Waals surface area contributed by atoms with Gasteiger partial charge in [-0.25, -0.2) is 0 Å². The highest BCUT2D eigenvalue weighted by Gasteiger charge is 2.28. The van der Waals surface area contributed by atoms with E-state index in [1.165, 1.54) is 0 Å². The predicted octanol–water partition coefficient (Wildman–Crippen LogP) is 4.91. The summed E-state index contributed by atoms with van der Waals surface area (Å²) >= 11 is 11.9. The third-order valence-corrected chi connectivity index (χ3v) is 4.34. The van der Waals surface area contributed by atoms with E-state index in [1.807, 2.05) is 42.5 Å². The molecule has 0 saturated heterocycles. The normalized spacial score (nSPS) is 17.6. The van der Waals surface area contributed by atoms with E-state index in [0.29, 0.717) is 16.5 Å². The Hall–Kier alpha value is -1.31. The minimum absolute atomic E-state index is 0.237. The van der Waals surface area contributed by atoms with Crippen molar-refractivity contribution < 1.29 is 4.79 Å². The molecular formula is C16H12Cl2O. The molecule has 1 nitrogen and oxygen atoms in total. The second kappa shape index (κ2) is 4.99. The Balaban J connectivity index is 1.89. The smallest absolute Gasteiger partial charge is 0.163 e. The zero-order chi connectivity index (χ0) is 13.4. The third kappa shape index (κ3) is 2.41. The summed E-state index contributed by atoms with van der Waals surface area (Å²) in [6.07, 6.45) is 1.40. The van der Waals surface area contributed by atoms with E-state index in [-0.39, 0.29) is 11.7 Å². The molecule has 3 rings (SSSR count). The summed E-state index contributed by atoms with van der Waals surface area (Å²) in [5, 5.41) is 1.13. The number of carbonyl (C=O) groups is 1. The number of ketones is 1. The second-order valence-corrected chi connectivity index (χ2v) is 5.68. The molecule has 0 amide bonds. The number of carbonyl (C=O) groups excluding carboxylic acids is 1. The molecule has 0 N–H and O–H groups in total. The van der Waals surface area contributed by atoms with Gasteiger partial charge in [0.2, 0.25) is 0 Å². The van der Waals surface area contributed by atoms with Gasteiger partial charge in [-0.1, -0.05) is 53.5 Å². The molecule has 19 heavy (non-hydrogen) atoms. The molecule has 0 aromatic heterocycles. The molecule has 0 radical (unpaired) electrons. The van der Waals surface area contributed by atoms with E-state index < -0.39 is 0 Å². The van der Waals surface area contributed by atoms with Crippen molar-refractivity contribution in [3.63, 3.8) is 0 Å². The quantitative estimate of drug-likeness (QED) is 0.768. The maximum absolute atomic E-state index is 11.9. The van der Waals surface area contributed by atoms with Crippen LogP contribution in [0.25, 0.3) is 0 Å². The lowest BCUT2D eigenvalue weighted by Gasteiger charge is -2.11. The number of rotatable bonds is 2. The van der Waals surface area contributed by atoms with Crippen molar-refractivity contribution in [2.24, 2.45) is 0 Å². The number of fused-ring (bicyclic) bond motifs is 1. The lowest BCUT2D eigenvalue weighted by atomic mass is 9.94. The van der Waals surface area contributed by atoms with Crippen molar-refractivity contribution in [1.29, 1.82) is 0 Å². The van der Waals surface area contributed by atoms with Gasteiger partial charge in [0, 0.05) is 12.0 Å². The zero-order valence-corrected chi connectivity index (χ0v) is 11.7. The summed E-state index contributed by atoms with van der Waals surface area (Å²) in [4.78, 5) is 11.9. The fourth-order valence-corrected chi connectivity index (χ4v) is 3.00. The van der Waals surface area contributed by atoms with Gasteiger partial charge in [0.25, 0.3) is 0 Å². The first-order valence-electron chi connectivity index (χ1n) is 6.21. The molecule has 0 heterocycles. The molecule has 0 saturated carbocycles. The van der Waals surface area contributed by atoms with Crippen molar-refractivity contribution in [2.75, 3.05) is 0 Å². The Bertz CT molecular complexity index is 649. The molecule has 1 atom stereocenters. The van der Waals surface area contributed by atoms with Crippen LogP contribution in [0, 0.1) is 0 Å². The van der Waals surface area contributed by atoms with Gasteiger partial charge in [-0.05, 0) is 35.6 Å². The molecule has 2 aromatic rings. The summed E-state index contributed by atoms with van der Waals surface area (Å²) in [7, 11) is 0. The fraction of sp³-hybridized carbons (Fsp3) is 0.188. The molecular weight excluding hydrogens is 279 g/mol. The van der Waals surface area contributed by atoms with Crippen LogP contribution < -0.4 is 0 Å². The van der Waals surface area contributed by atoms with Gasteiger partial charge in [-0.3, -0.25) is 4.79 Å². The van der Waals surface area contributed by atoms with Gasteiger partial charge < -0.3 is 0 Å². The van der Waals surface area contributed by atoms with Crippen LogP contribution >= 0.6 is 23.2 Å². The first-order valence-corrected chi connectivity index (χ1v) is 6.97. The molecule has 0 bridgehead atoms. The molecule has 1 unspecified atom stereocenters. The highest BCUT2D eigenvalue weighted by Crippen LogP contribution is 2.36. The summed E-state index contributed by atoms with van der Waals surface area (Å²) < 4.78 is 0. The molecule has 1 aliphatic carbocycles. The van der Waals surface area contributed by atoms with E-state index >= 15 is 0 Å². The molecule has 96 valence electrons. The standard InChI is InChI=1S/C16H12Cl2O/c17-14-6-5-10(8-15(14)18)7-11-9-16(19)13-4-2-1-3-12(11)13/h1-6,8,11H,7,9H2. The maximum Gasteiger partial charge on any atom is 0.163 e. The first-order chi connectivity index (χ1) is 9.15. The predicted molar refractivity (Wildman–Crippen MR) is 78.3 cm³/mol. The molecule has 0 fully saturated rings. The number of hydrogen-bond acceptors (Lipinski definition) is 1. The minimum Gasteiger partial charge on any atom is -0.294 e. The molecule has 0 aliphatic heterocycles. The van der Waals surface area contributed by atoms with Gasteiger partial charge in [-0.15, -0.1) is 0 Å². The maximum atomic E-state index is 11.9. The Morgan fingerprint density at radius 1 is 1.05 bits per heavy atom. The van der Waals surface area contributed by atoms with Crippen LogP contribution in [0.1, 0.15) is 33.8 Å². The first kappa shape index (κ1) is 12.7. The highest BCUT2D eigenvalue weighted by atomic mass is 35.5. The van der Waals surface area contributed by atoms with Crippen molar-refractivity contribution in [2.45, 2.75) is 18.8 Å². The fourth-order valence-electron chi connectivity index (χ4n) is 2.68. The Morgan fingerprint density at radius 3 is 2.63 bits per heavy atom. The van der Waals surface area contributed by atoms with Crippen LogP contribution in [0.15, 0.2) is 42.5 Å². The van der Waals surface area contributed by atoms with E-state index in [1.54, 1.807) is 0 Å². The van der Waals surface area contributed by atoms with Crippen molar-refractivity contribution >= 4 is 29.0 Å². The van der Waals surface area contributed by atoms with Crippen LogP contribution in [-0.2, 0) is 6.42 Å². The van der Waals surface area contributed by atoms with Crippen molar-refractivity contribution in [1.82, 2.24) is 0 Å². The monoisotopic (exact) mass is 290 g/mol. The van der Waals surface area contributed by atoms with Gasteiger partial charge in [0.15, 0.2) is 5.78 Å². The average Bonchev–Trinajstić information content (AvgIpc) is 2.72. The Labute approximate surface area is 122 Å². The number of halogens is 2. The van der Waals surface area contributed by atoms with Crippen LogP contribution in [0.2, 0.25) is 10.0 Å². The SMILES string of the molecule is O=C1CC(Cc2ccc(Cl)c(Cl)c2)c2ccccc21. The second-order valence-electron chi connectivity index (χ2n) is 4.86. The molecule has 3 heteroatoms. The summed E-state index contributed by atoms with van der Waals surface area (Å²) in [6, 6.07) is 13.5. The number of hydrogen-bond donors (Lipinski definition) is 0. The van der Waals surface area contributed by atoms with Crippen LogP contribution in [0.5, 0.6) is 0 Å². The molecule has 2 aromatic carbocycles. The zero-order valence-electron chi connectivity index (χ0n) is 10.2. The van der Waals surface area contributed by atoms with Gasteiger partial charge in [-0.2, -0.15) is 0 Å². The van der Waals surface area contributed by atoms with Crippen molar-refractivity contribution in [3.05, 3.63) is 69.2 Å². The highest BCUT2D eigenvalue weighted by molar-refractivity contribution is 6.42. The van der Waals surface area contributed by atoms with Gasteiger partial charge >= 0.3 is 0 Å². The Kier molecular flexibility index (Phi) is 3.34. The summed E-state index contributed by atoms with van der Waals surface area (Å²) in [5.41, 5.74) is 3.13. The lowest BCUT2D eigenvalue weighted by molar-refractivity contribution is 0.0989. The van der Waals surface area contributed by atoms with E-state index in [9.17, 15) is 4.79 Å². The van der Waals surface area contributed by atoms with Crippen molar-refractivity contribution in [3.8, 4) is 0 Å². The summed E-state index contributed by atoms with van der Waals surface area (Å²) in [5.74, 6) is 0.488. The topological polar surface area (TPSA) is 17.1 Å². The van der Waals surface area contributed by atoms with E-state index in [4.69, 9.17) is 23.2 Å². The molecule has 1 aliphatic rings. The van der Waals surface area contributed by atoms with Crippen LogP contribution in [0.4, 0.5) is 0 Å². The lowest BCUT2D eigenvalue weighted by Crippen LogP contribution is -1.99. The number of Topliss-reactive ketones (excluding diaryl/α,β-unsaturated/α-hetero) is 1. The summed E-state index contributed by atoms with van der Waals surface area (Å²) in [6.45, 7) is 0. The van der Waals surface area contributed by atoms with Gasteiger partial charge in [0.05, 0.1) is 10.0 Å². The molecule has 0 spiro atoms. The van der Waals surface area contributed by atoms with E-state index in [0.717, 1.165) is 23.1 Å². The number of benzene rings is 2.